The van der Waals surface area contributed by atoms with Crippen molar-refractivity contribution in [1.82, 2.24) is 14.9 Å². The molecule has 2 aromatic heterocycles. The fourth-order valence-electron chi connectivity index (χ4n) is 5.71. The molecule has 1 aliphatic heterocycles. The number of para-hydroxylation sites is 1. The van der Waals surface area contributed by atoms with Crippen molar-refractivity contribution < 1.29 is 14.3 Å². The number of carbonyl (C=O) groups is 2. The molecule has 4 aromatic rings. The third kappa shape index (κ3) is 7.49. The zero-order chi connectivity index (χ0) is 30.6. The Morgan fingerprint density at radius 1 is 0.933 bits per heavy atom. The number of pyridine rings is 2. The molecule has 0 saturated carbocycles. The average molecular weight is 655 g/mol. The van der Waals surface area contributed by atoms with Gasteiger partial charge in [0.05, 0.1) is 23.5 Å². The minimum atomic E-state index is -1.15. The number of carbonyl (C=O) groups excluding carboxylic acids is 2. The summed E-state index contributed by atoms with van der Waals surface area (Å²) in [7, 11) is 1.70. The second-order valence-electron chi connectivity index (χ2n) is 11.4. The summed E-state index contributed by atoms with van der Waals surface area (Å²) in [6.45, 7) is 7.45. The summed E-state index contributed by atoms with van der Waals surface area (Å²) in [6, 6.07) is 20.9. The molecule has 2 amide bonds. The van der Waals surface area contributed by atoms with E-state index in [1.807, 2.05) is 78.4 Å². The molecule has 11 heteroatoms. The molecule has 9 nitrogen and oxygen atoms in total. The van der Waals surface area contributed by atoms with Crippen LogP contribution in [-0.4, -0.2) is 48.1 Å². The molecular weight excluding hydrogens is 613 g/mol. The van der Waals surface area contributed by atoms with Gasteiger partial charge in [0.1, 0.15) is 11.2 Å². The highest BCUT2D eigenvalue weighted by atomic mass is 35.5. The van der Waals surface area contributed by atoms with Gasteiger partial charge in [0.2, 0.25) is 11.8 Å². The number of amides is 2. The molecule has 5 rings (SSSR count). The van der Waals surface area contributed by atoms with Crippen molar-refractivity contribution in [3.8, 4) is 5.75 Å². The van der Waals surface area contributed by atoms with Crippen LogP contribution in [0.4, 0.5) is 11.4 Å². The van der Waals surface area contributed by atoms with E-state index in [2.05, 4.69) is 10.3 Å². The summed E-state index contributed by atoms with van der Waals surface area (Å²) in [5, 5.41) is 4.66. The van der Waals surface area contributed by atoms with Gasteiger partial charge in [0.15, 0.2) is 0 Å². The molecule has 240 valence electrons. The van der Waals surface area contributed by atoms with Crippen LogP contribution in [0, 0.1) is 5.41 Å². The predicted molar refractivity (Wildman–Crippen MR) is 184 cm³/mol. The predicted octanol–water partition coefficient (Wildman–Crippen LogP) is 5.79. The quantitative estimate of drug-likeness (QED) is 0.163. The maximum absolute atomic E-state index is 13.1. The van der Waals surface area contributed by atoms with Crippen LogP contribution in [-0.2, 0) is 16.1 Å². The normalized spacial score (nSPS) is 14.7. The number of hydrogen-bond acceptors (Lipinski definition) is 6. The van der Waals surface area contributed by atoms with Crippen LogP contribution in [0.1, 0.15) is 45.2 Å². The summed E-state index contributed by atoms with van der Waals surface area (Å²) in [5.74, 6) is 0.183. The lowest BCUT2D eigenvalue weighted by atomic mass is 9.90. The van der Waals surface area contributed by atoms with Crippen molar-refractivity contribution in [3.05, 3.63) is 95.0 Å². The van der Waals surface area contributed by atoms with E-state index in [-0.39, 0.29) is 48.2 Å². The van der Waals surface area contributed by atoms with Crippen LogP contribution in [0.5, 0.6) is 5.75 Å². The molecule has 3 heterocycles. The van der Waals surface area contributed by atoms with E-state index in [0.717, 1.165) is 22.9 Å². The van der Waals surface area contributed by atoms with Gasteiger partial charge >= 0.3 is 0 Å². The third-order valence-corrected chi connectivity index (χ3v) is 8.14. The summed E-state index contributed by atoms with van der Waals surface area (Å²) >= 11 is 0. The van der Waals surface area contributed by atoms with E-state index >= 15 is 0 Å². The first-order chi connectivity index (χ1) is 20.7. The van der Waals surface area contributed by atoms with Crippen molar-refractivity contribution >= 4 is 58.9 Å². The Morgan fingerprint density at radius 3 is 2.44 bits per heavy atom. The van der Waals surface area contributed by atoms with Crippen molar-refractivity contribution in [3.63, 3.8) is 0 Å². The number of hydrogen-bond donors (Lipinski definition) is 1. The Kier molecular flexibility index (Phi) is 12.2. The molecule has 0 radical (unpaired) electrons. The summed E-state index contributed by atoms with van der Waals surface area (Å²) in [6.07, 6.45) is 5.07. The number of nitrogens with zero attached hydrogens (tertiary/aromatic N) is 4. The van der Waals surface area contributed by atoms with Gasteiger partial charge in [-0.2, -0.15) is 0 Å². The third-order valence-electron chi connectivity index (χ3n) is 8.14. The number of anilines is 2. The Balaban J connectivity index is 0.00000276. The molecule has 1 atom stereocenters. The minimum absolute atomic E-state index is 0. The second-order valence-corrected chi connectivity index (χ2v) is 11.4. The molecular formula is C34H41Cl2N5O4. The van der Waals surface area contributed by atoms with E-state index in [0.29, 0.717) is 49.8 Å². The molecule has 1 aliphatic rings. The molecule has 1 N–H and O–H groups in total. The van der Waals surface area contributed by atoms with Crippen molar-refractivity contribution in [2.24, 2.45) is 5.41 Å². The Labute approximate surface area is 276 Å². The molecule has 0 bridgehead atoms. The van der Waals surface area contributed by atoms with E-state index in [4.69, 9.17) is 4.74 Å². The summed E-state index contributed by atoms with van der Waals surface area (Å²) in [5.41, 5.74) is 2.18. The van der Waals surface area contributed by atoms with Crippen molar-refractivity contribution in [2.75, 3.05) is 36.5 Å². The largest absolute Gasteiger partial charge is 0.493 e. The van der Waals surface area contributed by atoms with E-state index < -0.39 is 5.41 Å². The number of fused-ring (bicyclic) bond motifs is 2. The average Bonchev–Trinajstić information content (AvgIpc) is 3.07. The highest BCUT2D eigenvalue weighted by Crippen LogP contribution is 2.40. The van der Waals surface area contributed by atoms with Crippen LogP contribution >= 0.6 is 24.8 Å². The van der Waals surface area contributed by atoms with E-state index in [1.54, 1.807) is 43.0 Å². The van der Waals surface area contributed by atoms with Gasteiger partial charge < -0.3 is 24.4 Å². The highest BCUT2D eigenvalue weighted by molar-refractivity contribution is 6.20. The fourth-order valence-corrected chi connectivity index (χ4v) is 5.71. The van der Waals surface area contributed by atoms with Crippen molar-refractivity contribution in [2.45, 2.75) is 46.2 Å². The maximum atomic E-state index is 13.1. The monoisotopic (exact) mass is 653 g/mol. The van der Waals surface area contributed by atoms with Gasteiger partial charge in [-0.1, -0.05) is 24.3 Å². The van der Waals surface area contributed by atoms with Gasteiger partial charge in [-0.25, -0.2) is 0 Å². The molecule has 45 heavy (non-hydrogen) atoms. The standard InChI is InChI=1S/C34H39N5O4.2ClH/c1-5-38-29-15-14-26(22-30(29)37(4)32(41)34(2,3)33(38)42)43-21-9-19-36-27(25-11-8-18-35-23-25)17-20-39-28-12-7-6-10-24(28)13-16-31(39)40;;/h6-8,10-16,18,22-23,27,36H,5,9,17,19-21H2,1-4H3;2*1H. The number of benzene rings is 2. The first kappa shape index (κ1) is 35.6. The lowest BCUT2D eigenvalue weighted by Crippen LogP contribution is -2.47. The number of rotatable bonds is 11. The molecule has 0 aliphatic carbocycles. The van der Waals surface area contributed by atoms with Gasteiger partial charge in [-0.15, -0.1) is 24.8 Å². The fraction of sp³-hybridized carbons (Fsp3) is 0.353. The molecule has 2 aromatic carbocycles. The van der Waals surface area contributed by atoms with Crippen LogP contribution in [0.15, 0.2) is 83.9 Å². The smallest absolute Gasteiger partial charge is 0.251 e. The lowest BCUT2D eigenvalue weighted by molar-refractivity contribution is -0.137. The van der Waals surface area contributed by atoms with Gasteiger partial charge in [0.25, 0.3) is 5.56 Å². The second kappa shape index (κ2) is 15.4. The van der Waals surface area contributed by atoms with E-state index in [1.165, 1.54) is 0 Å². The Morgan fingerprint density at radius 2 is 1.71 bits per heavy atom. The SMILES string of the molecule is CCN1C(=O)C(C)(C)C(=O)N(C)c2cc(OCCCNC(CCn3c(=O)ccc4ccccc43)c3cccnc3)ccc21.Cl.Cl. The first-order valence-electron chi connectivity index (χ1n) is 14.8. The highest BCUT2D eigenvalue weighted by Gasteiger charge is 2.45. The Hall–Kier alpha value is -3.92. The molecule has 0 saturated heterocycles. The summed E-state index contributed by atoms with van der Waals surface area (Å²) in [4.78, 5) is 46.5. The van der Waals surface area contributed by atoms with Gasteiger partial charge in [-0.05, 0) is 81.4 Å². The molecule has 1 unspecified atom stereocenters. The van der Waals surface area contributed by atoms with Gasteiger partial charge in [0, 0.05) is 50.7 Å². The maximum Gasteiger partial charge on any atom is 0.251 e. The minimum Gasteiger partial charge on any atom is -0.493 e. The summed E-state index contributed by atoms with van der Waals surface area (Å²) < 4.78 is 7.92. The van der Waals surface area contributed by atoms with Crippen LogP contribution in [0.25, 0.3) is 10.9 Å². The van der Waals surface area contributed by atoms with Gasteiger partial charge in [-0.3, -0.25) is 19.4 Å². The first-order valence-corrected chi connectivity index (χ1v) is 14.8. The topological polar surface area (TPSA) is 96.8 Å². The number of ether oxygens (including phenoxy) is 1. The molecule has 0 spiro atoms. The Bertz CT molecular complexity index is 1680. The number of aromatic nitrogens is 2. The number of nitrogens with one attached hydrogen (secondary N) is 1. The van der Waals surface area contributed by atoms with Crippen LogP contribution in [0.3, 0.4) is 0 Å². The molecule has 0 fully saturated rings. The zero-order valence-corrected chi connectivity index (χ0v) is 27.7. The van der Waals surface area contributed by atoms with E-state index in [9.17, 15) is 14.4 Å². The number of aryl methyl sites for hydroxylation is 1. The van der Waals surface area contributed by atoms with Crippen LogP contribution < -0.4 is 25.4 Å². The van der Waals surface area contributed by atoms with Crippen LogP contribution in [0.2, 0.25) is 0 Å². The lowest BCUT2D eigenvalue weighted by Gasteiger charge is -2.27. The van der Waals surface area contributed by atoms with Crippen molar-refractivity contribution in [1.29, 1.82) is 0 Å². The number of halogens is 2. The zero-order valence-electron chi connectivity index (χ0n) is 26.1.